The average Bonchev–Trinajstić information content (AvgIpc) is 2.76. The molecule has 1 heterocycles. The van der Waals surface area contributed by atoms with E-state index < -0.39 is 10.8 Å². The van der Waals surface area contributed by atoms with Gasteiger partial charge in [-0.05, 0) is 42.3 Å². The molecule has 2 aromatic rings. The largest absolute Gasteiger partial charge is 0.493 e. The van der Waals surface area contributed by atoms with Gasteiger partial charge in [0.2, 0.25) is 4.93 Å². The Morgan fingerprint density at radius 2 is 1.88 bits per heavy atom. The Balaban J connectivity index is 2.04. The maximum Gasteiger partial charge on any atom is 0.274 e. The van der Waals surface area contributed by atoms with Crippen LogP contribution in [0.1, 0.15) is 16.7 Å². The molecule has 1 atom stereocenters. The second-order valence-corrected chi connectivity index (χ2v) is 7.43. The quantitative estimate of drug-likeness (QED) is 0.584. The lowest BCUT2D eigenvalue weighted by molar-refractivity contribution is -0.128. The maximum absolute atomic E-state index is 12.8. The molecule has 2 aromatic carbocycles. The molecule has 1 aliphatic heterocycles. The van der Waals surface area contributed by atoms with Crippen LogP contribution in [0.4, 0.5) is 5.69 Å². The van der Waals surface area contributed by atoms with Gasteiger partial charge in [-0.2, -0.15) is 0 Å². The molecule has 132 valence electrons. The molecular weight excluding hydrogens is 406 g/mol. The van der Waals surface area contributed by atoms with Crippen LogP contribution >= 0.6 is 28.6 Å². The van der Waals surface area contributed by atoms with Crippen LogP contribution in [0.3, 0.4) is 0 Å². The standard InChI is InChI=1S/C18H18BrNO4S/c1-10-6-12(19)8-13-16(10)20(17(21)18(13,22)25)9-11-4-5-14(23-2)15(7-11)24-3/h4-8,22,25H,9H2,1-3H3/t18-/m1/s1. The number of halogens is 1. The van der Waals surface area contributed by atoms with Crippen LogP contribution in [-0.2, 0) is 16.3 Å². The van der Waals surface area contributed by atoms with E-state index in [-0.39, 0.29) is 6.54 Å². The third-order valence-electron chi connectivity index (χ3n) is 4.24. The van der Waals surface area contributed by atoms with E-state index in [0.29, 0.717) is 22.7 Å². The summed E-state index contributed by atoms with van der Waals surface area (Å²) >= 11 is 7.62. The van der Waals surface area contributed by atoms with Gasteiger partial charge in [-0.3, -0.25) is 4.79 Å². The summed E-state index contributed by atoms with van der Waals surface area (Å²) in [4.78, 5) is 12.5. The van der Waals surface area contributed by atoms with Crippen molar-refractivity contribution in [1.82, 2.24) is 0 Å². The van der Waals surface area contributed by atoms with E-state index in [9.17, 15) is 9.90 Å². The highest BCUT2D eigenvalue weighted by molar-refractivity contribution is 9.10. The van der Waals surface area contributed by atoms with Crippen LogP contribution in [0.2, 0.25) is 0 Å². The molecule has 25 heavy (non-hydrogen) atoms. The molecule has 7 heteroatoms. The number of hydrogen-bond acceptors (Lipinski definition) is 5. The lowest BCUT2D eigenvalue weighted by Gasteiger charge is -2.21. The number of methoxy groups -OCH3 is 2. The van der Waals surface area contributed by atoms with Gasteiger partial charge in [-0.1, -0.05) is 22.0 Å². The van der Waals surface area contributed by atoms with Crippen molar-refractivity contribution in [2.24, 2.45) is 0 Å². The molecule has 0 fully saturated rings. The summed E-state index contributed by atoms with van der Waals surface area (Å²) in [5, 5.41) is 10.6. The fraction of sp³-hybridized carbons (Fsp3) is 0.278. The Hall–Kier alpha value is -1.70. The zero-order chi connectivity index (χ0) is 18.4. The summed E-state index contributed by atoms with van der Waals surface area (Å²) in [6, 6.07) is 9.09. The normalized spacial score (nSPS) is 19.1. The van der Waals surface area contributed by atoms with Crippen molar-refractivity contribution in [2.75, 3.05) is 19.1 Å². The molecule has 0 unspecified atom stereocenters. The number of carbonyl (C=O) groups is 1. The van der Waals surface area contributed by atoms with Crippen LogP contribution in [0.5, 0.6) is 11.5 Å². The van der Waals surface area contributed by atoms with E-state index in [1.54, 1.807) is 31.3 Å². The van der Waals surface area contributed by atoms with Crippen molar-refractivity contribution in [3.8, 4) is 11.5 Å². The van der Waals surface area contributed by atoms with Gasteiger partial charge in [0.15, 0.2) is 11.5 Å². The van der Waals surface area contributed by atoms with E-state index in [2.05, 4.69) is 28.6 Å². The number of aliphatic hydroxyl groups is 1. The maximum atomic E-state index is 12.8. The van der Waals surface area contributed by atoms with E-state index >= 15 is 0 Å². The monoisotopic (exact) mass is 423 g/mol. The van der Waals surface area contributed by atoms with Crippen LogP contribution < -0.4 is 14.4 Å². The number of aryl methyl sites for hydroxylation is 1. The molecule has 1 amide bonds. The van der Waals surface area contributed by atoms with E-state index in [0.717, 1.165) is 15.6 Å². The second-order valence-electron chi connectivity index (χ2n) is 5.87. The molecule has 0 bridgehead atoms. The molecule has 0 saturated carbocycles. The summed E-state index contributed by atoms with van der Waals surface area (Å²) < 4.78 is 11.3. The first-order valence-corrected chi connectivity index (χ1v) is 8.82. The number of anilines is 1. The molecule has 0 aromatic heterocycles. The Labute approximate surface area is 160 Å². The van der Waals surface area contributed by atoms with Crippen molar-refractivity contribution in [2.45, 2.75) is 18.4 Å². The van der Waals surface area contributed by atoms with Crippen molar-refractivity contribution in [1.29, 1.82) is 0 Å². The van der Waals surface area contributed by atoms with Gasteiger partial charge < -0.3 is 19.5 Å². The molecule has 1 aliphatic rings. The molecule has 0 spiro atoms. The van der Waals surface area contributed by atoms with E-state index in [1.165, 1.54) is 0 Å². The molecule has 1 N–H and O–H groups in total. The van der Waals surface area contributed by atoms with Crippen molar-refractivity contribution in [3.05, 3.63) is 51.5 Å². The first-order chi connectivity index (χ1) is 11.8. The number of rotatable bonds is 4. The van der Waals surface area contributed by atoms with Gasteiger partial charge >= 0.3 is 0 Å². The van der Waals surface area contributed by atoms with Gasteiger partial charge in [-0.15, -0.1) is 12.6 Å². The van der Waals surface area contributed by atoms with Crippen molar-refractivity contribution in [3.63, 3.8) is 0 Å². The molecule has 3 rings (SSSR count). The molecule has 5 nitrogen and oxygen atoms in total. The predicted octanol–water partition coefficient (Wildman–Crippen LogP) is 3.40. The molecular formula is C18H18BrNO4S. The van der Waals surface area contributed by atoms with Gasteiger partial charge in [0.25, 0.3) is 5.91 Å². The number of ether oxygens (including phenoxy) is 2. The zero-order valence-electron chi connectivity index (χ0n) is 14.0. The predicted molar refractivity (Wildman–Crippen MR) is 102 cm³/mol. The van der Waals surface area contributed by atoms with Gasteiger partial charge in [0.1, 0.15) is 0 Å². The summed E-state index contributed by atoms with van der Waals surface area (Å²) in [7, 11) is 3.13. The first-order valence-electron chi connectivity index (χ1n) is 7.57. The number of nitrogens with zero attached hydrogens (tertiary/aromatic N) is 1. The summed E-state index contributed by atoms with van der Waals surface area (Å²) in [6.07, 6.45) is 0. The SMILES string of the molecule is COc1ccc(CN2C(=O)[C@](O)(S)c3cc(Br)cc(C)c32)cc1OC. The zero-order valence-corrected chi connectivity index (χ0v) is 16.5. The van der Waals surface area contributed by atoms with Gasteiger partial charge in [0.05, 0.1) is 26.5 Å². The third kappa shape index (κ3) is 3.01. The summed E-state index contributed by atoms with van der Waals surface area (Å²) in [5.41, 5.74) is 2.89. The number of fused-ring (bicyclic) bond motifs is 1. The number of carbonyl (C=O) groups excluding carboxylic acids is 1. The topological polar surface area (TPSA) is 59.0 Å². The lowest BCUT2D eigenvalue weighted by Crippen LogP contribution is -2.36. The molecule has 0 aliphatic carbocycles. The van der Waals surface area contributed by atoms with Crippen molar-refractivity contribution < 1.29 is 19.4 Å². The van der Waals surface area contributed by atoms with Gasteiger partial charge in [0, 0.05) is 10.0 Å². The first kappa shape index (κ1) is 18.1. The average molecular weight is 424 g/mol. The summed E-state index contributed by atoms with van der Waals surface area (Å²) in [5.74, 6) is 0.729. The van der Waals surface area contributed by atoms with Gasteiger partial charge in [-0.25, -0.2) is 0 Å². The highest BCUT2D eigenvalue weighted by atomic mass is 79.9. The smallest absolute Gasteiger partial charge is 0.274 e. The van der Waals surface area contributed by atoms with E-state index in [4.69, 9.17) is 9.47 Å². The minimum Gasteiger partial charge on any atom is -0.493 e. The van der Waals surface area contributed by atoms with Crippen LogP contribution in [0, 0.1) is 6.92 Å². The Bertz CT molecular complexity index is 853. The number of thiol groups is 1. The minimum absolute atomic E-state index is 0.289. The number of amides is 1. The van der Waals surface area contributed by atoms with Crippen molar-refractivity contribution >= 4 is 40.2 Å². The fourth-order valence-corrected chi connectivity index (χ4v) is 3.94. The fourth-order valence-electron chi connectivity index (χ4n) is 3.08. The highest BCUT2D eigenvalue weighted by Gasteiger charge is 2.48. The Morgan fingerprint density at radius 3 is 2.52 bits per heavy atom. The summed E-state index contributed by atoms with van der Waals surface area (Å²) in [6.45, 7) is 2.19. The lowest BCUT2D eigenvalue weighted by atomic mass is 10.1. The Kier molecular flexibility index (Phi) is 4.74. The number of hydrogen-bond donors (Lipinski definition) is 2. The Morgan fingerprint density at radius 1 is 1.20 bits per heavy atom. The van der Waals surface area contributed by atoms with Crippen LogP contribution in [0.25, 0.3) is 0 Å². The van der Waals surface area contributed by atoms with Crippen LogP contribution in [-0.4, -0.2) is 25.2 Å². The van der Waals surface area contributed by atoms with E-state index in [1.807, 2.05) is 25.1 Å². The third-order valence-corrected chi connectivity index (χ3v) is 5.13. The minimum atomic E-state index is -1.85. The van der Waals surface area contributed by atoms with Crippen LogP contribution in [0.15, 0.2) is 34.8 Å². The highest BCUT2D eigenvalue weighted by Crippen LogP contribution is 2.46. The molecule has 0 saturated heterocycles. The second kappa shape index (κ2) is 6.55. The number of benzene rings is 2. The molecule has 0 radical (unpaired) electrons.